The maximum Gasteiger partial charge on any atom is 0.250 e. The number of hydrogen-bond donors (Lipinski definition) is 1. The second kappa shape index (κ2) is 10.4. The molecular formula is C29H35N5O3. The highest BCUT2D eigenvalue weighted by atomic mass is 16.2. The minimum atomic E-state index is -0.260. The van der Waals surface area contributed by atoms with Crippen LogP contribution in [0.2, 0.25) is 0 Å². The molecule has 0 aromatic heterocycles. The van der Waals surface area contributed by atoms with Gasteiger partial charge in [-0.1, -0.05) is 18.2 Å². The van der Waals surface area contributed by atoms with Gasteiger partial charge >= 0.3 is 0 Å². The van der Waals surface area contributed by atoms with Crippen LogP contribution in [-0.4, -0.2) is 71.2 Å². The lowest BCUT2D eigenvalue weighted by Crippen LogP contribution is -2.50. The first-order valence-electron chi connectivity index (χ1n) is 13.0. The number of nitrogens with one attached hydrogen (secondary N) is 1. The van der Waals surface area contributed by atoms with E-state index in [1.54, 1.807) is 18.0 Å². The predicted octanol–water partition coefficient (Wildman–Crippen LogP) is 3.18. The van der Waals surface area contributed by atoms with Gasteiger partial charge in [-0.2, -0.15) is 0 Å². The highest BCUT2D eigenvalue weighted by Gasteiger charge is 2.40. The molecule has 0 aliphatic carbocycles. The van der Waals surface area contributed by atoms with Crippen molar-refractivity contribution in [1.29, 1.82) is 0 Å². The number of carbonyl (C=O) groups is 3. The smallest absolute Gasteiger partial charge is 0.250 e. The van der Waals surface area contributed by atoms with Crippen molar-refractivity contribution in [3.05, 3.63) is 77.1 Å². The van der Waals surface area contributed by atoms with Crippen LogP contribution in [0.5, 0.6) is 0 Å². The zero-order chi connectivity index (χ0) is 26.1. The number of ketones is 1. The number of piperazine rings is 1. The van der Waals surface area contributed by atoms with Crippen LogP contribution in [0.1, 0.15) is 52.9 Å². The first-order valence-corrected chi connectivity index (χ1v) is 13.0. The maximum absolute atomic E-state index is 13.2. The van der Waals surface area contributed by atoms with Gasteiger partial charge < -0.3 is 19.7 Å². The van der Waals surface area contributed by atoms with E-state index in [9.17, 15) is 14.4 Å². The molecule has 2 aromatic rings. The number of hydrogen-bond acceptors (Lipinski definition) is 6. The zero-order valence-corrected chi connectivity index (χ0v) is 21.8. The van der Waals surface area contributed by atoms with Gasteiger partial charge in [0.1, 0.15) is 6.04 Å². The Morgan fingerprint density at radius 3 is 2.35 bits per heavy atom. The fourth-order valence-corrected chi connectivity index (χ4v) is 5.32. The van der Waals surface area contributed by atoms with Gasteiger partial charge in [0.2, 0.25) is 5.91 Å². The van der Waals surface area contributed by atoms with E-state index < -0.39 is 0 Å². The fraction of sp³-hybridized carbons (Fsp3) is 0.414. The third-order valence-corrected chi connectivity index (χ3v) is 7.85. The normalized spacial score (nSPS) is 21.4. The maximum atomic E-state index is 13.2. The summed E-state index contributed by atoms with van der Waals surface area (Å²) in [4.78, 5) is 43.4. The third-order valence-electron chi connectivity index (χ3n) is 7.85. The van der Waals surface area contributed by atoms with Crippen molar-refractivity contribution in [3.8, 4) is 0 Å². The Balaban J connectivity index is 1.11. The van der Waals surface area contributed by atoms with Crippen molar-refractivity contribution in [2.24, 2.45) is 0 Å². The summed E-state index contributed by atoms with van der Waals surface area (Å²) in [7, 11) is 0. The topological polar surface area (TPSA) is 76.2 Å². The molecule has 8 heteroatoms. The Morgan fingerprint density at radius 1 is 0.946 bits per heavy atom. The molecule has 3 aliphatic heterocycles. The summed E-state index contributed by atoms with van der Waals surface area (Å²) in [6, 6.07) is 13.9. The van der Waals surface area contributed by atoms with Gasteiger partial charge in [0.15, 0.2) is 5.78 Å². The number of fused-ring (bicyclic) bond motifs is 1. The molecule has 3 aliphatic rings. The van der Waals surface area contributed by atoms with Gasteiger partial charge in [0.25, 0.3) is 5.91 Å². The predicted molar refractivity (Wildman–Crippen MR) is 143 cm³/mol. The van der Waals surface area contributed by atoms with Gasteiger partial charge in [0.05, 0.1) is 6.04 Å². The highest BCUT2D eigenvalue weighted by molar-refractivity contribution is 5.94. The number of carbonyl (C=O) groups excluding carboxylic acids is 3. The average molecular weight is 502 g/mol. The number of nitrogens with zero attached hydrogens (tertiary/aromatic N) is 4. The second-order valence-corrected chi connectivity index (χ2v) is 10.2. The van der Waals surface area contributed by atoms with Crippen LogP contribution in [0.3, 0.4) is 0 Å². The molecule has 2 amide bonds. The first-order chi connectivity index (χ1) is 17.8. The molecule has 2 unspecified atom stereocenters. The van der Waals surface area contributed by atoms with Crippen molar-refractivity contribution in [3.63, 3.8) is 0 Å². The zero-order valence-electron chi connectivity index (χ0n) is 21.8. The number of benzene rings is 2. The van der Waals surface area contributed by atoms with E-state index in [2.05, 4.69) is 42.4 Å². The van der Waals surface area contributed by atoms with Crippen LogP contribution in [0.15, 0.2) is 54.9 Å². The third kappa shape index (κ3) is 5.25. The number of rotatable bonds is 6. The fourth-order valence-electron chi connectivity index (χ4n) is 5.32. The Hall–Kier alpha value is -3.65. The average Bonchev–Trinajstić information content (AvgIpc) is 3.35. The molecular weight excluding hydrogens is 466 g/mol. The van der Waals surface area contributed by atoms with E-state index in [4.69, 9.17) is 0 Å². The monoisotopic (exact) mass is 501 g/mol. The van der Waals surface area contributed by atoms with Gasteiger partial charge in [-0.25, -0.2) is 5.43 Å². The lowest BCUT2D eigenvalue weighted by Gasteiger charge is -2.37. The lowest BCUT2D eigenvalue weighted by atomic mass is 9.97. The molecule has 2 fully saturated rings. The summed E-state index contributed by atoms with van der Waals surface area (Å²) in [5.74, 6) is 0.169. The molecule has 0 radical (unpaired) electrons. The van der Waals surface area contributed by atoms with E-state index in [0.717, 1.165) is 18.8 Å². The van der Waals surface area contributed by atoms with Crippen molar-refractivity contribution < 1.29 is 14.4 Å². The minimum Gasteiger partial charge on any atom is -0.368 e. The van der Waals surface area contributed by atoms with E-state index in [1.165, 1.54) is 16.7 Å². The summed E-state index contributed by atoms with van der Waals surface area (Å²) < 4.78 is 0. The summed E-state index contributed by atoms with van der Waals surface area (Å²) in [6.07, 6.45) is 4.70. The van der Waals surface area contributed by atoms with Gasteiger partial charge in [-0.05, 0) is 68.1 Å². The molecule has 194 valence electrons. The summed E-state index contributed by atoms with van der Waals surface area (Å²) in [5.41, 5.74) is 8.92. The molecule has 3 heterocycles. The van der Waals surface area contributed by atoms with Crippen LogP contribution >= 0.6 is 0 Å². The SMILES string of the molecule is CC(=O)c1ccc(N2CCN(C(=O)CCN3C=CN4NC(c5ccc(C)c(C)c5)CC4C3=O)CC2)cc1. The number of hydrazine groups is 1. The van der Waals surface area contributed by atoms with Crippen LogP contribution in [-0.2, 0) is 9.59 Å². The molecule has 0 bridgehead atoms. The summed E-state index contributed by atoms with van der Waals surface area (Å²) in [6.45, 7) is 8.95. The van der Waals surface area contributed by atoms with E-state index >= 15 is 0 Å². The minimum absolute atomic E-state index is 0.0351. The Labute approximate surface area is 218 Å². The van der Waals surface area contributed by atoms with Crippen molar-refractivity contribution in [2.45, 2.75) is 45.7 Å². The summed E-state index contributed by atoms with van der Waals surface area (Å²) >= 11 is 0. The van der Waals surface area contributed by atoms with E-state index in [-0.39, 0.29) is 29.7 Å². The molecule has 2 saturated heterocycles. The molecule has 2 atom stereocenters. The number of amides is 2. The van der Waals surface area contributed by atoms with Gasteiger partial charge in [-0.3, -0.25) is 14.4 Å². The van der Waals surface area contributed by atoms with Crippen molar-refractivity contribution in [1.82, 2.24) is 20.2 Å². The number of anilines is 1. The quantitative estimate of drug-likeness (QED) is 0.613. The van der Waals surface area contributed by atoms with Gasteiger partial charge in [-0.15, -0.1) is 0 Å². The lowest BCUT2D eigenvalue weighted by molar-refractivity contribution is -0.136. The number of aryl methyl sites for hydroxylation is 2. The molecule has 1 N–H and O–H groups in total. The first kappa shape index (κ1) is 25.0. The molecule has 37 heavy (non-hydrogen) atoms. The summed E-state index contributed by atoms with van der Waals surface area (Å²) in [5, 5.41) is 1.91. The molecule has 5 rings (SSSR count). The second-order valence-electron chi connectivity index (χ2n) is 10.2. The molecule has 0 spiro atoms. The Morgan fingerprint density at radius 2 is 1.68 bits per heavy atom. The van der Waals surface area contributed by atoms with Crippen LogP contribution in [0.25, 0.3) is 0 Å². The molecule has 0 saturated carbocycles. The van der Waals surface area contributed by atoms with Crippen molar-refractivity contribution >= 4 is 23.3 Å². The Kier molecular flexibility index (Phi) is 7.02. The van der Waals surface area contributed by atoms with Gasteiger partial charge in [0, 0.05) is 62.8 Å². The van der Waals surface area contributed by atoms with Crippen LogP contribution in [0, 0.1) is 13.8 Å². The largest absolute Gasteiger partial charge is 0.368 e. The van der Waals surface area contributed by atoms with Crippen LogP contribution in [0.4, 0.5) is 5.69 Å². The van der Waals surface area contributed by atoms with Crippen molar-refractivity contribution in [2.75, 3.05) is 37.6 Å². The number of Topliss-reactive ketones (excluding diaryl/α,β-unsaturated/α-hetero) is 1. The van der Waals surface area contributed by atoms with Crippen LogP contribution < -0.4 is 10.3 Å². The Bertz CT molecular complexity index is 1220. The van der Waals surface area contributed by atoms with E-state index in [1.807, 2.05) is 40.4 Å². The molecule has 2 aromatic carbocycles. The van der Waals surface area contributed by atoms with E-state index in [0.29, 0.717) is 38.0 Å². The standard InChI is InChI=1S/C29H35N5O3/c1-20-4-5-24(18-21(20)2)26-19-27-29(37)33(16-17-34(27)30-26)11-10-28(36)32-14-12-31(13-15-32)25-8-6-23(7-9-25)22(3)35/h4-9,16-18,26-27,30H,10-15,19H2,1-3H3. The molecule has 8 nitrogen and oxygen atoms in total. The highest BCUT2D eigenvalue weighted by Crippen LogP contribution is 2.31.